The van der Waals surface area contributed by atoms with Crippen molar-refractivity contribution < 1.29 is 4.74 Å². The van der Waals surface area contributed by atoms with Crippen molar-refractivity contribution in [2.24, 2.45) is 0 Å². The van der Waals surface area contributed by atoms with Gasteiger partial charge in [0.2, 0.25) is 5.88 Å². The van der Waals surface area contributed by atoms with Crippen molar-refractivity contribution in [2.75, 3.05) is 6.61 Å². The molecule has 1 aromatic heterocycles. The first-order valence-corrected chi connectivity index (χ1v) is 3.47. The van der Waals surface area contributed by atoms with E-state index in [0.717, 1.165) is 0 Å². The van der Waals surface area contributed by atoms with E-state index in [1.165, 1.54) is 0 Å². The van der Waals surface area contributed by atoms with Crippen LogP contribution >= 0.6 is 0 Å². The summed E-state index contributed by atoms with van der Waals surface area (Å²) in [5.74, 6) is 0.453. The average molecular weight is 160 g/mol. The molecule has 0 N–H and O–H groups in total. The fourth-order valence-corrected chi connectivity index (χ4v) is 0.702. The standard InChI is InChI=1S/C9H8N2O/c1-2-6-12-9-5-3-4-8(7-10)11-9/h2-5H,1,6H2. The van der Waals surface area contributed by atoms with E-state index in [0.29, 0.717) is 18.2 Å². The van der Waals surface area contributed by atoms with E-state index in [9.17, 15) is 0 Å². The van der Waals surface area contributed by atoms with Crippen molar-refractivity contribution in [3.05, 3.63) is 36.5 Å². The Bertz CT molecular complexity index is 315. The van der Waals surface area contributed by atoms with Gasteiger partial charge in [-0.1, -0.05) is 18.7 Å². The van der Waals surface area contributed by atoms with Crippen LogP contribution in [0.1, 0.15) is 5.69 Å². The molecule has 0 fully saturated rings. The van der Waals surface area contributed by atoms with E-state index >= 15 is 0 Å². The maximum atomic E-state index is 8.50. The van der Waals surface area contributed by atoms with E-state index < -0.39 is 0 Å². The van der Waals surface area contributed by atoms with Gasteiger partial charge in [0.15, 0.2) is 0 Å². The molecule has 0 saturated heterocycles. The highest BCUT2D eigenvalue weighted by Gasteiger charge is 1.94. The summed E-state index contributed by atoms with van der Waals surface area (Å²) in [6, 6.07) is 6.98. The minimum Gasteiger partial charge on any atom is -0.473 e. The van der Waals surface area contributed by atoms with Crippen LogP contribution < -0.4 is 4.74 Å². The Kier molecular flexibility index (Phi) is 2.86. The second-order valence-corrected chi connectivity index (χ2v) is 2.07. The quantitative estimate of drug-likeness (QED) is 0.630. The second-order valence-electron chi connectivity index (χ2n) is 2.07. The van der Waals surface area contributed by atoms with Crippen molar-refractivity contribution in [2.45, 2.75) is 0 Å². The topological polar surface area (TPSA) is 45.9 Å². The van der Waals surface area contributed by atoms with Crippen molar-refractivity contribution >= 4 is 0 Å². The van der Waals surface area contributed by atoms with Gasteiger partial charge in [0.05, 0.1) is 0 Å². The van der Waals surface area contributed by atoms with Crippen LogP contribution in [0.4, 0.5) is 0 Å². The Morgan fingerprint density at radius 1 is 1.67 bits per heavy atom. The van der Waals surface area contributed by atoms with Crippen molar-refractivity contribution in [1.82, 2.24) is 4.98 Å². The molecule has 0 aliphatic rings. The molecule has 0 spiro atoms. The van der Waals surface area contributed by atoms with Gasteiger partial charge >= 0.3 is 0 Å². The smallest absolute Gasteiger partial charge is 0.214 e. The van der Waals surface area contributed by atoms with E-state index in [1.54, 1.807) is 24.3 Å². The van der Waals surface area contributed by atoms with E-state index in [1.807, 2.05) is 6.07 Å². The largest absolute Gasteiger partial charge is 0.473 e. The van der Waals surface area contributed by atoms with Crippen LogP contribution in [-0.4, -0.2) is 11.6 Å². The molecule has 1 heterocycles. The lowest BCUT2D eigenvalue weighted by Gasteiger charge is -2.00. The summed E-state index contributed by atoms with van der Waals surface area (Å²) in [7, 11) is 0. The summed E-state index contributed by atoms with van der Waals surface area (Å²) in [6.45, 7) is 3.91. The molecule has 0 amide bonds. The fraction of sp³-hybridized carbons (Fsp3) is 0.111. The fourth-order valence-electron chi connectivity index (χ4n) is 0.702. The lowest BCUT2D eigenvalue weighted by Crippen LogP contribution is -1.95. The molecule has 12 heavy (non-hydrogen) atoms. The number of nitrogens with zero attached hydrogens (tertiary/aromatic N) is 2. The minimum absolute atomic E-state index is 0.358. The summed E-state index contributed by atoms with van der Waals surface area (Å²) in [4.78, 5) is 3.90. The van der Waals surface area contributed by atoms with Crippen LogP contribution in [0.3, 0.4) is 0 Å². The summed E-state index contributed by atoms with van der Waals surface area (Å²) in [5, 5.41) is 8.50. The molecule has 0 aliphatic heterocycles. The van der Waals surface area contributed by atoms with Crippen LogP contribution in [0.5, 0.6) is 5.88 Å². The summed E-state index contributed by atoms with van der Waals surface area (Å²) < 4.78 is 5.12. The molecule has 1 rings (SSSR count). The molecular weight excluding hydrogens is 152 g/mol. The van der Waals surface area contributed by atoms with Crippen molar-refractivity contribution in [1.29, 1.82) is 5.26 Å². The third-order valence-corrected chi connectivity index (χ3v) is 1.19. The van der Waals surface area contributed by atoms with Crippen LogP contribution in [0.2, 0.25) is 0 Å². The number of rotatable bonds is 3. The van der Waals surface area contributed by atoms with Gasteiger partial charge in [-0.25, -0.2) is 4.98 Å². The molecule has 0 bridgehead atoms. The third kappa shape index (κ3) is 2.10. The van der Waals surface area contributed by atoms with Crippen molar-refractivity contribution in [3.8, 4) is 11.9 Å². The number of aromatic nitrogens is 1. The van der Waals surface area contributed by atoms with Gasteiger partial charge < -0.3 is 4.74 Å². The third-order valence-electron chi connectivity index (χ3n) is 1.19. The Labute approximate surface area is 70.9 Å². The van der Waals surface area contributed by atoms with Gasteiger partial charge in [-0.2, -0.15) is 5.26 Å². The predicted octanol–water partition coefficient (Wildman–Crippen LogP) is 1.52. The number of hydrogen-bond donors (Lipinski definition) is 0. The monoisotopic (exact) mass is 160 g/mol. The van der Waals surface area contributed by atoms with Crippen LogP contribution in [0, 0.1) is 11.3 Å². The van der Waals surface area contributed by atoms with Gasteiger partial charge in [-0.3, -0.25) is 0 Å². The predicted molar refractivity (Wildman–Crippen MR) is 44.6 cm³/mol. The number of nitriles is 1. The zero-order valence-electron chi connectivity index (χ0n) is 6.53. The highest BCUT2D eigenvalue weighted by Crippen LogP contribution is 2.06. The molecule has 1 aromatic rings. The first-order chi connectivity index (χ1) is 5.86. The molecule has 0 aromatic carbocycles. The zero-order chi connectivity index (χ0) is 8.81. The molecule has 3 nitrogen and oxygen atoms in total. The van der Waals surface area contributed by atoms with Gasteiger partial charge in [0.1, 0.15) is 18.4 Å². The Hall–Kier alpha value is -1.82. The van der Waals surface area contributed by atoms with Gasteiger partial charge in [-0.15, -0.1) is 0 Å². The molecule has 0 atom stereocenters. The first-order valence-electron chi connectivity index (χ1n) is 3.47. The van der Waals surface area contributed by atoms with E-state index in [4.69, 9.17) is 10.00 Å². The molecule has 3 heteroatoms. The SMILES string of the molecule is C=CCOc1cccc(C#N)n1. The molecule has 60 valence electrons. The lowest BCUT2D eigenvalue weighted by atomic mass is 10.4. The molecular formula is C9H8N2O. The Balaban J connectivity index is 2.74. The summed E-state index contributed by atoms with van der Waals surface area (Å²) >= 11 is 0. The Morgan fingerprint density at radius 2 is 2.50 bits per heavy atom. The number of ether oxygens (including phenoxy) is 1. The highest BCUT2D eigenvalue weighted by molar-refractivity contribution is 5.24. The molecule has 0 radical (unpaired) electrons. The van der Waals surface area contributed by atoms with Gasteiger partial charge in [0.25, 0.3) is 0 Å². The minimum atomic E-state index is 0.358. The normalized spacial score (nSPS) is 8.58. The molecule has 0 aliphatic carbocycles. The molecule has 0 unspecified atom stereocenters. The summed E-state index contributed by atoms with van der Waals surface area (Å²) in [6.07, 6.45) is 1.63. The maximum Gasteiger partial charge on any atom is 0.214 e. The van der Waals surface area contributed by atoms with Gasteiger partial charge in [0, 0.05) is 6.07 Å². The van der Waals surface area contributed by atoms with Crippen LogP contribution in [0.15, 0.2) is 30.9 Å². The first kappa shape index (κ1) is 8.28. The number of hydrogen-bond acceptors (Lipinski definition) is 3. The molecule has 0 saturated carbocycles. The Morgan fingerprint density at radius 3 is 3.17 bits per heavy atom. The van der Waals surface area contributed by atoms with Crippen LogP contribution in [-0.2, 0) is 0 Å². The number of pyridine rings is 1. The summed E-state index contributed by atoms with van der Waals surface area (Å²) in [5.41, 5.74) is 0.358. The van der Waals surface area contributed by atoms with Gasteiger partial charge in [-0.05, 0) is 6.07 Å². The highest BCUT2D eigenvalue weighted by atomic mass is 16.5. The maximum absolute atomic E-state index is 8.50. The second kappa shape index (κ2) is 4.14. The van der Waals surface area contributed by atoms with Crippen LogP contribution in [0.25, 0.3) is 0 Å². The van der Waals surface area contributed by atoms with E-state index in [-0.39, 0.29) is 0 Å². The zero-order valence-corrected chi connectivity index (χ0v) is 6.53. The lowest BCUT2D eigenvalue weighted by molar-refractivity contribution is 0.348. The van der Waals surface area contributed by atoms with Crippen molar-refractivity contribution in [3.63, 3.8) is 0 Å². The average Bonchev–Trinajstić information content (AvgIpc) is 2.15. The van der Waals surface area contributed by atoms with E-state index in [2.05, 4.69) is 11.6 Å².